The number of rotatable bonds is 9. The molecule has 0 saturated carbocycles. The molecule has 1 aromatic carbocycles. The van der Waals surface area contributed by atoms with Gasteiger partial charge in [0.25, 0.3) is 0 Å². The highest BCUT2D eigenvalue weighted by molar-refractivity contribution is 5.88. The van der Waals surface area contributed by atoms with Crippen LogP contribution in [0.15, 0.2) is 21.3 Å². The van der Waals surface area contributed by atoms with Crippen LogP contribution in [-0.2, 0) is 20.8 Å². The van der Waals surface area contributed by atoms with Crippen molar-refractivity contribution >= 4 is 28.8 Å². The van der Waals surface area contributed by atoms with E-state index < -0.39 is 29.5 Å². The zero-order valence-electron chi connectivity index (χ0n) is 18.0. The Morgan fingerprint density at radius 2 is 1.84 bits per heavy atom. The minimum absolute atomic E-state index is 0.0229. The van der Waals surface area contributed by atoms with Gasteiger partial charge in [-0.25, -0.2) is 4.79 Å². The summed E-state index contributed by atoms with van der Waals surface area (Å²) >= 11 is 0. The standard InChI is InChI=1S/C22H28N2O7/c1-5-11(2)19(21(28)29)24-18(27)10-23-17(26)9-7-15-12(3)14-6-8-16(25)13(4)20(14)31-22(15)30/h6,8,11,19,25H,5,7,9-10H2,1-4H3,(H,23,26)(H,24,27)(H,28,29)/p-1/t11-,19+/m1/s1. The van der Waals surface area contributed by atoms with E-state index in [1.807, 2.05) is 0 Å². The van der Waals surface area contributed by atoms with Crippen molar-refractivity contribution < 1.29 is 29.0 Å². The minimum atomic E-state index is -1.38. The predicted octanol–water partition coefficient (Wildman–Crippen LogP) is 0.445. The summed E-state index contributed by atoms with van der Waals surface area (Å²) in [5, 5.41) is 26.4. The number of nitrogens with one attached hydrogen (secondary N) is 2. The van der Waals surface area contributed by atoms with Crippen LogP contribution in [-0.4, -0.2) is 35.5 Å². The SMILES string of the molecule is CC[C@@H](C)[C@H](NC(=O)CNC(=O)CCc1c(C)c2ccc(O)c(C)c2oc1=O)C(=O)[O-]. The molecule has 1 aromatic heterocycles. The van der Waals surface area contributed by atoms with Gasteiger partial charge in [0.05, 0.1) is 18.6 Å². The molecular weight excluding hydrogens is 404 g/mol. The van der Waals surface area contributed by atoms with Gasteiger partial charge in [-0.1, -0.05) is 20.3 Å². The first-order chi connectivity index (χ1) is 14.6. The summed E-state index contributed by atoms with van der Waals surface area (Å²) in [5.74, 6) is -2.78. The number of phenolic OH excluding ortho intramolecular Hbond substituents is 1. The summed E-state index contributed by atoms with van der Waals surface area (Å²) in [5.41, 5.74) is 1.17. The van der Waals surface area contributed by atoms with Gasteiger partial charge in [0, 0.05) is 22.9 Å². The van der Waals surface area contributed by atoms with E-state index in [-0.39, 0.29) is 31.1 Å². The Bertz CT molecular complexity index is 1060. The van der Waals surface area contributed by atoms with Crippen LogP contribution in [0.1, 0.15) is 43.4 Å². The lowest BCUT2D eigenvalue weighted by Crippen LogP contribution is -2.53. The fourth-order valence-corrected chi connectivity index (χ4v) is 3.27. The third kappa shape index (κ3) is 5.62. The van der Waals surface area contributed by atoms with E-state index in [4.69, 9.17) is 4.42 Å². The van der Waals surface area contributed by atoms with Gasteiger partial charge >= 0.3 is 5.63 Å². The van der Waals surface area contributed by atoms with Crippen LogP contribution < -0.4 is 21.4 Å². The lowest BCUT2D eigenvalue weighted by molar-refractivity contribution is -0.309. The van der Waals surface area contributed by atoms with E-state index in [1.165, 1.54) is 6.07 Å². The number of carbonyl (C=O) groups excluding carboxylic acids is 3. The summed E-state index contributed by atoms with van der Waals surface area (Å²) in [6.45, 7) is 6.47. The molecular formula is C22H27N2O7-. The van der Waals surface area contributed by atoms with Crippen molar-refractivity contribution in [3.05, 3.63) is 39.2 Å². The van der Waals surface area contributed by atoms with Gasteiger partial charge < -0.3 is 30.1 Å². The number of carbonyl (C=O) groups is 3. The summed E-state index contributed by atoms with van der Waals surface area (Å²) in [4.78, 5) is 47.6. The number of hydrogen-bond donors (Lipinski definition) is 3. The molecule has 0 unspecified atom stereocenters. The van der Waals surface area contributed by atoms with Gasteiger partial charge in [-0.15, -0.1) is 0 Å². The number of aryl methyl sites for hydroxylation is 2. The molecule has 0 saturated heterocycles. The summed E-state index contributed by atoms with van der Waals surface area (Å²) < 4.78 is 5.34. The highest BCUT2D eigenvalue weighted by Crippen LogP contribution is 2.28. The lowest BCUT2D eigenvalue weighted by atomic mass is 9.99. The normalized spacial score (nSPS) is 12.9. The fraction of sp³-hybridized carbons (Fsp3) is 0.455. The van der Waals surface area contributed by atoms with Gasteiger partial charge in [0.1, 0.15) is 11.3 Å². The highest BCUT2D eigenvalue weighted by Gasteiger charge is 2.20. The number of amides is 2. The van der Waals surface area contributed by atoms with Crippen LogP contribution in [0.3, 0.4) is 0 Å². The van der Waals surface area contributed by atoms with E-state index >= 15 is 0 Å². The van der Waals surface area contributed by atoms with Crippen LogP contribution in [0.25, 0.3) is 11.0 Å². The number of benzene rings is 1. The van der Waals surface area contributed by atoms with E-state index in [0.29, 0.717) is 34.1 Å². The van der Waals surface area contributed by atoms with Gasteiger partial charge in [-0.3, -0.25) is 9.59 Å². The number of aliphatic carboxylic acids is 1. The molecule has 31 heavy (non-hydrogen) atoms. The van der Waals surface area contributed by atoms with Crippen LogP contribution in [0.4, 0.5) is 0 Å². The first-order valence-electron chi connectivity index (χ1n) is 10.1. The molecule has 2 rings (SSSR count). The van der Waals surface area contributed by atoms with Crippen molar-refractivity contribution in [2.75, 3.05) is 6.54 Å². The van der Waals surface area contributed by atoms with Crippen LogP contribution >= 0.6 is 0 Å². The molecule has 0 radical (unpaired) electrons. The second kappa shape index (κ2) is 10.1. The van der Waals surface area contributed by atoms with E-state index in [2.05, 4.69) is 10.6 Å². The van der Waals surface area contributed by atoms with Crippen molar-refractivity contribution in [3.63, 3.8) is 0 Å². The zero-order chi connectivity index (χ0) is 23.3. The molecule has 0 spiro atoms. The molecule has 0 aliphatic carbocycles. The average molecular weight is 431 g/mol. The Hall–Kier alpha value is -3.36. The molecule has 9 nitrogen and oxygen atoms in total. The largest absolute Gasteiger partial charge is 0.548 e. The minimum Gasteiger partial charge on any atom is -0.548 e. The Balaban J connectivity index is 1.99. The Morgan fingerprint density at radius 3 is 2.45 bits per heavy atom. The van der Waals surface area contributed by atoms with Crippen molar-refractivity contribution in [1.29, 1.82) is 0 Å². The maximum absolute atomic E-state index is 12.4. The summed E-state index contributed by atoms with van der Waals surface area (Å²) in [6.07, 6.45) is 0.584. The van der Waals surface area contributed by atoms with Crippen LogP contribution in [0, 0.1) is 19.8 Å². The molecule has 0 aliphatic rings. The number of fused-ring (bicyclic) bond motifs is 1. The predicted molar refractivity (Wildman–Crippen MR) is 111 cm³/mol. The molecule has 0 aliphatic heterocycles. The fourth-order valence-electron chi connectivity index (χ4n) is 3.27. The van der Waals surface area contributed by atoms with E-state index in [9.17, 15) is 29.4 Å². The quantitative estimate of drug-likeness (QED) is 0.488. The third-order valence-electron chi connectivity index (χ3n) is 5.51. The van der Waals surface area contributed by atoms with E-state index in [0.717, 1.165) is 0 Å². The maximum atomic E-state index is 12.4. The Morgan fingerprint density at radius 1 is 1.16 bits per heavy atom. The van der Waals surface area contributed by atoms with E-state index in [1.54, 1.807) is 33.8 Å². The molecule has 3 N–H and O–H groups in total. The summed E-state index contributed by atoms with van der Waals surface area (Å²) in [7, 11) is 0. The molecule has 0 fully saturated rings. The monoisotopic (exact) mass is 431 g/mol. The average Bonchev–Trinajstić information content (AvgIpc) is 2.72. The first-order valence-corrected chi connectivity index (χ1v) is 10.1. The second-order valence-electron chi connectivity index (χ2n) is 7.61. The molecule has 2 atom stereocenters. The number of carboxylic acids is 1. The molecule has 2 amide bonds. The molecule has 1 heterocycles. The highest BCUT2D eigenvalue weighted by atomic mass is 16.4. The third-order valence-corrected chi connectivity index (χ3v) is 5.51. The molecule has 0 bridgehead atoms. The van der Waals surface area contributed by atoms with Crippen molar-refractivity contribution in [2.24, 2.45) is 5.92 Å². The maximum Gasteiger partial charge on any atom is 0.339 e. The van der Waals surface area contributed by atoms with Crippen molar-refractivity contribution in [2.45, 2.75) is 53.0 Å². The van der Waals surface area contributed by atoms with Crippen LogP contribution in [0.2, 0.25) is 0 Å². The zero-order valence-corrected chi connectivity index (χ0v) is 18.0. The number of carboxylic acid groups (broad SMARTS) is 1. The smallest absolute Gasteiger partial charge is 0.339 e. The van der Waals surface area contributed by atoms with Gasteiger partial charge in [-0.2, -0.15) is 0 Å². The second-order valence-corrected chi connectivity index (χ2v) is 7.61. The van der Waals surface area contributed by atoms with Crippen LogP contribution in [0.5, 0.6) is 5.75 Å². The first kappa shape index (κ1) is 23.9. The Labute approximate surface area is 179 Å². The summed E-state index contributed by atoms with van der Waals surface area (Å²) in [6, 6.07) is 2.02. The molecule has 9 heteroatoms. The molecule has 2 aromatic rings. The Kier molecular flexibility index (Phi) is 7.79. The number of phenols is 1. The topological polar surface area (TPSA) is 149 Å². The van der Waals surface area contributed by atoms with Gasteiger partial charge in [-0.05, 0) is 43.9 Å². The van der Waals surface area contributed by atoms with Crippen molar-refractivity contribution in [3.8, 4) is 5.75 Å². The molecule has 168 valence electrons. The van der Waals surface area contributed by atoms with Gasteiger partial charge in [0.15, 0.2) is 0 Å². The lowest BCUT2D eigenvalue weighted by Gasteiger charge is -2.25. The number of hydrogen-bond acceptors (Lipinski definition) is 7. The van der Waals surface area contributed by atoms with Gasteiger partial charge in [0.2, 0.25) is 11.8 Å². The van der Waals surface area contributed by atoms with Crippen molar-refractivity contribution in [1.82, 2.24) is 10.6 Å². The number of aromatic hydroxyl groups is 1.